The van der Waals surface area contributed by atoms with Crippen LogP contribution in [0.1, 0.15) is 10.4 Å². The molecular weight excluding hydrogens is 312 g/mol. The normalized spacial score (nSPS) is 10.3. The molecule has 0 aliphatic rings. The quantitative estimate of drug-likeness (QED) is 0.942. The van der Waals surface area contributed by atoms with Crippen molar-refractivity contribution in [2.75, 3.05) is 0 Å². The van der Waals surface area contributed by atoms with Crippen molar-refractivity contribution in [2.24, 2.45) is 0 Å². The maximum absolute atomic E-state index is 11.0. The fourth-order valence-electron chi connectivity index (χ4n) is 1.06. The van der Waals surface area contributed by atoms with Crippen molar-refractivity contribution in [1.29, 1.82) is 0 Å². The summed E-state index contributed by atoms with van der Waals surface area (Å²) in [6, 6.07) is 5.13. The molecular formula is C9H5BrN2O2S2. The van der Waals surface area contributed by atoms with Gasteiger partial charge >= 0.3 is 5.97 Å². The van der Waals surface area contributed by atoms with E-state index >= 15 is 0 Å². The summed E-state index contributed by atoms with van der Waals surface area (Å²) in [7, 11) is 0. The summed E-state index contributed by atoms with van der Waals surface area (Å²) in [6.45, 7) is 0. The topological polar surface area (TPSA) is 63.1 Å². The maximum Gasteiger partial charge on any atom is 0.336 e. The lowest BCUT2D eigenvalue weighted by Gasteiger charge is -2.03. The first-order valence-electron chi connectivity index (χ1n) is 4.14. The molecule has 1 aromatic heterocycles. The zero-order valence-corrected chi connectivity index (χ0v) is 11.0. The second kappa shape index (κ2) is 4.94. The van der Waals surface area contributed by atoms with Crippen LogP contribution in [-0.2, 0) is 0 Å². The average Bonchev–Trinajstić information content (AvgIpc) is 2.73. The van der Waals surface area contributed by atoms with E-state index in [1.807, 2.05) is 0 Å². The third kappa shape index (κ3) is 2.60. The van der Waals surface area contributed by atoms with Crippen molar-refractivity contribution in [3.63, 3.8) is 0 Å². The zero-order valence-electron chi connectivity index (χ0n) is 7.75. The summed E-state index contributed by atoms with van der Waals surface area (Å²) in [6.07, 6.45) is 1.45. The molecule has 82 valence electrons. The van der Waals surface area contributed by atoms with E-state index < -0.39 is 5.97 Å². The lowest BCUT2D eigenvalue weighted by atomic mass is 10.2. The predicted molar refractivity (Wildman–Crippen MR) is 65.1 cm³/mol. The minimum Gasteiger partial charge on any atom is -0.478 e. The number of carboxylic acid groups (broad SMARTS) is 1. The fraction of sp³-hybridized carbons (Fsp3) is 0. The van der Waals surface area contributed by atoms with E-state index in [0.29, 0.717) is 4.90 Å². The first-order valence-corrected chi connectivity index (χ1v) is 6.52. The number of carbonyl (C=O) groups is 1. The number of aromatic nitrogens is 2. The number of rotatable bonds is 3. The highest BCUT2D eigenvalue weighted by Gasteiger charge is 2.12. The first-order chi connectivity index (χ1) is 7.66. The van der Waals surface area contributed by atoms with Gasteiger partial charge in [-0.2, -0.15) is 4.37 Å². The van der Waals surface area contributed by atoms with Gasteiger partial charge < -0.3 is 5.11 Å². The van der Waals surface area contributed by atoms with Gasteiger partial charge in [-0.25, -0.2) is 9.78 Å². The van der Waals surface area contributed by atoms with Gasteiger partial charge in [-0.3, -0.25) is 0 Å². The number of aromatic carboxylic acids is 1. The van der Waals surface area contributed by atoms with Crippen LogP contribution in [0.5, 0.6) is 0 Å². The summed E-state index contributed by atoms with van der Waals surface area (Å²) in [5.41, 5.74) is 0.259. The van der Waals surface area contributed by atoms with Crippen LogP contribution < -0.4 is 0 Å². The van der Waals surface area contributed by atoms with Crippen LogP contribution in [0.4, 0.5) is 0 Å². The monoisotopic (exact) mass is 316 g/mol. The molecule has 0 aliphatic heterocycles. The molecule has 7 heteroatoms. The van der Waals surface area contributed by atoms with E-state index in [2.05, 4.69) is 25.3 Å². The van der Waals surface area contributed by atoms with Crippen LogP contribution in [0, 0.1) is 0 Å². The van der Waals surface area contributed by atoms with E-state index in [1.54, 1.807) is 18.2 Å². The van der Waals surface area contributed by atoms with Gasteiger partial charge in [0.05, 0.1) is 5.56 Å². The molecule has 2 aromatic rings. The Morgan fingerprint density at radius 2 is 2.31 bits per heavy atom. The van der Waals surface area contributed by atoms with E-state index in [9.17, 15) is 4.79 Å². The molecule has 0 atom stereocenters. The molecule has 0 saturated heterocycles. The number of hydrogen-bond donors (Lipinski definition) is 1. The molecule has 1 N–H and O–H groups in total. The molecule has 0 fully saturated rings. The van der Waals surface area contributed by atoms with Crippen molar-refractivity contribution in [3.8, 4) is 0 Å². The molecule has 0 radical (unpaired) electrons. The van der Waals surface area contributed by atoms with Crippen LogP contribution in [0.2, 0.25) is 0 Å². The lowest BCUT2D eigenvalue weighted by molar-refractivity contribution is 0.0693. The maximum atomic E-state index is 11.0. The summed E-state index contributed by atoms with van der Waals surface area (Å²) in [5, 5.41) is 9.05. The molecule has 0 saturated carbocycles. The number of halogens is 1. The Hall–Kier alpha value is -0.920. The summed E-state index contributed by atoms with van der Waals surface area (Å²) in [4.78, 5) is 15.7. The summed E-state index contributed by atoms with van der Waals surface area (Å²) in [5.74, 6) is -0.951. The average molecular weight is 317 g/mol. The molecule has 0 spiro atoms. The largest absolute Gasteiger partial charge is 0.478 e. The van der Waals surface area contributed by atoms with Crippen LogP contribution in [0.25, 0.3) is 0 Å². The number of benzene rings is 1. The predicted octanol–water partition coefficient (Wildman–Crippen LogP) is 3.15. The van der Waals surface area contributed by atoms with Crippen LogP contribution >= 0.6 is 39.2 Å². The number of hydrogen-bond acceptors (Lipinski definition) is 5. The number of nitrogens with zero attached hydrogens (tertiary/aromatic N) is 2. The lowest BCUT2D eigenvalue weighted by Crippen LogP contribution is -1.98. The van der Waals surface area contributed by atoms with Gasteiger partial charge in [0.2, 0.25) is 0 Å². The van der Waals surface area contributed by atoms with Crippen LogP contribution in [0.3, 0.4) is 0 Å². The minimum atomic E-state index is -0.951. The smallest absolute Gasteiger partial charge is 0.336 e. The molecule has 2 rings (SSSR count). The zero-order chi connectivity index (χ0) is 11.5. The van der Waals surface area contributed by atoms with Gasteiger partial charge in [0.15, 0.2) is 4.34 Å². The fourth-order valence-corrected chi connectivity index (χ4v) is 2.93. The number of carboxylic acids is 1. The summed E-state index contributed by atoms with van der Waals surface area (Å²) < 4.78 is 5.33. The molecule has 0 bridgehead atoms. The third-order valence-electron chi connectivity index (χ3n) is 1.71. The Morgan fingerprint density at radius 3 is 2.94 bits per heavy atom. The molecule has 0 aliphatic carbocycles. The van der Waals surface area contributed by atoms with Crippen molar-refractivity contribution in [1.82, 2.24) is 9.36 Å². The van der Waals surface area contributed by atoms with E-state index in [-0.39, 0.29) is 5.56 Å². The van der Waals surface area contributed by atoms with Crippen molar-refractivity contribution in [2.45, 2.75) is 9.24 Å². The molecule has 4 nitrogen and oxygen atoms in total. The molecule has 16 heavy (non-hydrogen) atoms. The highest BCUT2D eigenvalue weighted by molar-refractivity contribution is 9.10. The Balaban J connectivity index is 2.36. The van der Waals surface area contributed by atoms with Crippen LogP contribution in [0.15, 0.2) is 38.2 Å². The first kappa shape index (κ1) is 11.6. The minimum absolute atomic E-state index is 0.259. The second-order valence-corrected chi connectivity index (χ2v) is 5.74. The van der Waals surface area contributed by atoms with Crippen LogP contribution in [-0.4, -0.2) is 20.4 Å². The van der Waals surface area contributed by atoms with Gasteiger partial charge in [0.25, 0.3) is 0 Å². The van der Waals surface area contributed by atoms with Crippen molar-refractivity contribution in [3.05, 3.63) is 34.6 Å². The Labute approximate surface area is 108 Å². The highest BCUT2D eigenvalue weighted by Crippen LogP contribution is 2.32. The van der Waals surface area contributed by atoms with E-state index in [1.165, 1.54) is 29.6 Å². The van der Waals surface area contributed by atoms with E-state index in [4.69, 9.17) is 5.11 Å². The molecule has 0 unspecified atom stereocenters. The molecule has 0 amide bonds. The van der Waals surface area contributed by atoms with Crippen molar-refractivity contribution < 1.29 is 9.90 Å². The van der Waals surface area contributed by atoms with Gasteiger partial charge in [-0.1, -0.05) is 27.7 Å². The van der Waals surface area contributed by atoms with Gasteiger partial charge in [-0.05, 0) is 29.7 Å². The Morgan fingerprint density at radius 1 is 1.50 bits per heavy atom. The molecule has 1 heterocycles. The highest BCUT2D eigenvalue weighted by atomic mass is 79.9. The van der Waals surface area contributed by atoms with Gasteiger partial charge in [-0.15, -0.1) is 0 Å². The van der Waals surface area contributed by atoms with Crippen molar-refractivity contribution >= 4 is 45.2 Å². The Kier molecular flexibility index (Phi) is 3.57. The van der Waals surface area contributed by atoms with Gasteiger partial charge in [0, 0.05) is 9.37 Å². The van der Waals surface area contributed by atoms with E-state index in [0.717, 1.165) is 8.81 Å². The van der Waals surface area contributed by atoms with Gasteiger partial charge in [0.1, 0.15) is 6.33 Å². The third-order valence-corrected chi connectivity index (χ3v) is 3.99. The standard InChI is InChI=1S/C9H5BrN2O2S2/c10-5-1-2-7(6(3-5)8(13)14)15-9-11-4-12-16-9/h1-4H,(H,13,14). The second-order valence-electron chi connectivity index (χ2n) is 2.75. The summed E-state index contributed by atoms with van der Waals surface area (Å²) >= 11 is 5.79. The Bertz CT molecular complexity index is 516. The molecule has 1 aromatic carbocycles. The SMILES string of the molecule is O=C(O)c1cc(Br)ccc1Sc1ncns1.